The van der Waals surface area contributed by atoms with E-state index in [9.17, 15) is 0 Å². The van der Waals surface area contributed by atoms with Crippen LogP contribution >= 0.6 is 27.3 Å². The van der Waals surface area contributed by atoms with Gasteiger partial charge in [0.15, 0.2) is 0 Å². The molecule has 0 aliphatic carbocycles. The third-order valence-corrected chi connectivity index (χ3v) is 4.43. The van der Waals surface area contributed by atoms with Crippen LogP contribution in [0.1, 0.15) is 16.5 Å². The van der Waals surface area contributed by atoms with Crippen molar-refractivity contribution in [3.8, 4) is 17.6 Å². The van der Waals surface area contributed by atoms with E-state index in [0.717, 1.165) is 9.35 Å². The summed E-state index contributed by atoms with van der Waals surface area (Å²) in [4.78, 5) is 1.03. The predicted octanol–water partition coefficient (Wildman–Crippen LogP) is 3.47. The molecule has 0 fully saturated rings. The Balaban J connectivity index is 2.25. The van der Waals surface area contributed by atoms with Gasteiger partial charge in [-0.2, -0.15) is 5.26 Å². The van der Waals surface area contributed by atoms with Gasteiger partial charge in [0.05, 0.1) is 18.7 Å². The molecule has 0 aliphatic rings. The zero-order valence-corrected chi connectivity index (χ0v) is 13.2. The first-order chi connectivity index (χ1) is 9.66. The zero-order chi connectivity index (χ0) is 14.5. The van der Waals surface area contributed by atoms with Gasteiger partial charge in [0, 0.05) is 27.3 Å². The number of methoxy groups -OCH3 is 1. The van der Waals surface area contributed by atoms with Crippen molar-refractivity contribution in [1.29, 1.82) is 5.26 Å². The predicted molar refractivity (Wildman–Crippen MR) is 82.2 cm³/mol. The summed E-state index contributed by atoms with van der Waals surface area (Å²) in [7, 11) is 1.55. The van der Waals surface area contributed by atoms with Crippen LogP contribution in [0.3, 0.4) is 0 Å². The second-order valence-electron chi connectivity index (χ2n) is 4.02. The summed E-state index contributed by atoms with van der Waals surface area (Å²) >= 11 is 4.98. The van der Waals surface area contributed by atoms with Crippen LogP contribution in [0.15, 0.2) is 34.1 Å². The van der Waals surface area contributed by atoms with Crippen molar-refractivity contribution < 1.29 is 9.47 Å². The van der Waals surface area contributed by atoms with Crippen molar-refractivity contribution in [2.45, 2.75) is 6.10 Å². The number of nitrogens with zero attached hydrogens (tertiary/aromatic N) is 1. The van der Waals surface area contributed by atoms with Crippen LogP contribution in [0, 0.1) is 11.3 Å². The van der Waals surface area contributed by atoms with Gasteiger partial charge in [-0.1, -0.05) is 0 Å². The summed E-state index contributed by atoms with van der Waals surface area (Å²) in [5, 5.41) is 11.0. The lowest BCUT2D eigenvalue weighted by molar-refractivity contribution is 0.217. The summed E-state index contributed by atoms with van der Waals surface area (Å²) in [6.07, 6.45) is -0.245. The van der Waals surface area contributed by atoms with Crippen molar-refractivity contribution in [2.75, 3.05) is 13.7 Å². The van der Waals surface area contributed by atoms with Crippen molar-refractivity contribution in [3.63, 3.8) is 0 Å². The van der Waals surface area contributed by atoms with E-state index in [1.165, 1.54) is 0 Å². The van der Waals surface area contributed by atoms with E-state index in [0.29, 0.717) is 23.6 Å². The van der Waals surface area contributed by atoms with Crippen LogP contribution in [0.2, 0.25) is 0 Å². The first-order valence-corrected chi connectivity index (χ1v) is 7.53. The average Bonchev–Trinajstić information content (AvgIpc) is 2.90. The molecule has 0 saturated carbocycles. The van der Waals surface area contributed by atoms with E-state index in [2.05, 4.69) is 22.0 Å². The Bertz CT molecular complexity index is 636. The fraction of sp³-hybridized carbons (Fsp3) is 0.214. The second kappa shape index (κ2) is 6.75. The highest BCUT2D eigenvalue weighted by Crippen LogP contribution is 2.31. The van der Waals surface area contributed by atoms with Gasteiger partial charge in [0.25, 0.3) is 0 Å². The standard InChI is InChI=1S/C14H13BrN2O2S/c1-18-11-2-9(6-16)3-12(5-11)19-13(7-17)14-4-10(15)8-20-14/h2-5,8,13H,7,17H2,1H3. The van der Waals surface area contributed by atoms with E-state index >= 15 is 0 Å². The molecule has 6 heteroatoms. The molecule has 2 rings (SSSR count). The molecule has 1 aromatic carbocycles. The zero-order valence-electron chi connectivity index (χ0n) is 10.8. The van der Waals surface area contributed by atoms with Crippen LogP contribution < -0.4 is 15.2 Å². The SMILES string of the molecule is COc1cc(C#N)cc(OC(CN)c2cc(Br)cs2)c1. The molecule has 1 unspecified atom stereocenters. The van der Waals surface area contributed by atoms with Crippen LogP contribution in [0.4, 0.5) is 0 Å². The first kappa shape index (κ1) is 14.9. The van der Waals surface area contributed by atoms with Crippen molar-refractivity contribution in [2.24, 2.45) is 5.73 Å². The van der Waals surface area contributed by atoms with Gasteiger partial charge in [0.1, 0.15) is 17.6 Å². The molecule has 104 valence electrons. The number of nitriles is 1. The molecule has 0 amide bonds. The lowest BCUT2D eigenvalue weighted by Gasteiger charge is -2.16. The largest absolute Gasteiger partial charge is 0.497 e. The van der Waals surface area contributed by atoms with Gasteiger partial charge < -0.3 is 15.2 Å². The van der Waals surface area contributed by atoms with Gasteiger partial charge in [-0.3, -0.25) is 0 Å². The van der Waals surface area contributed by atoms with Gasteiger partial charge in [-0.25, -0.2) is 0 Å². The van der Waals surface area contributed by atoms with E-state index in [4.69, 9.17) is 20.5 Å². The Morgan fingerprint density at radius 3 is 2.65 bits per heavy atom. The minimum Gasteiger partial charge on any atom is -0.497 e. The monoisotopic (exact) mass is 352 g/mol. The molecule has 0 aliphatic heterocycles. The lowest BCUT2D eigenvalue weighted by atomic mass is 10.2. The Hall–Kier alpha value is -1.55. The van der Waals surface area contributed by atoms with Gasteiger partial charge in [0.2, 0.25) is 0 Å². The molecule has 1 atom stereocenters. The topological polar surface area (TPSA) is 68.3 Å². The van der Waals surface area contributed by atoms with Crippen LogP contribution in [0.5, 0.6) is 11.5 Å². The lowest BCUT2D eigenvalue weighted by Crippen LogP contribution is -2.17. The molecular formula is C14H13BrN2O2S. The van der Waals surface area contributed by atoms with E-state index in [1.807, 2.05) is 11.4 Å². The summed E-state index contributed by atoms with van der Waals surface area (Å²) in [6.45, 7) is 0.353. The Morgan fingerprint density at radius 2 is 2.10 bits per heavy atom. The first-order valence-electron chi connectivity index (χ1n) is 5.86. The maximum atomic E-state index is 9.00. The van der Waals surface area contributed by atoms with Crippen molar-refractivity contribution in [3.05, 3.63) is 44.6 Å². The van der Waals surface area contributed by atoms with E-state index in [-0.39, 0.29) is 6.10 Å². The Labute approximate surface area is 129 Å². The van der Waals surface area contributed by atoms with Gasteiger partial charge in [-0.15, -0.1) is 11.3 Å². The fourth-order valence-electron chi connectivity index (χ4n) is 1.71. The summed E-state index contributed by atoms with van der Waals surface area (Å²) in [6, 6.07) is 9.14. The number of ether oxygens (including phenoxy) is 2. The molecule has 2 N–H and O–H groups in total. The minimum atomic E-state index is -0.245. The fourth-order valence-corrected chi connectivity index (χ4v) is 3.19. The maximum Gasteiger partial charge on any atom is 0.145 e. The minimum absolute atomic E-state index is 0.245. The highest BCUT2D eigenvalue weighted by atomic mass is 79.9. The summed E-state index contributed by atoms with van der Waals surface area (Å²) in [5.41, 5.74) is 6.26. The maximum absolute atomic E-state index is 9.00. The highest BCUT2D eigenvalue weighted by molar-refractivity contribution is 9.10. The van der Waals surface area contributed by atoms with Gasteiger partial charge >= 0.3 is 0 Å². The average molecular weight is 353 g/mol. The van der Waals surface area contributed by atoms with Crippen LogP contribution in [-0.2, 0) is 0 Å². The molecule has 1 heterocycles. The van der Waals surface area contributed by atoms with Gasteiger partial charge in [-0.05, 0) is 34.1 Å². The number of halogens is 1. The highest BCUT2D eigenvalue weighted by Gasteiger charge is 2.15. The molecule has 1 aromatic heterocycles. The van der Waals surface area contributed by atoms with Crippen molar-refractivity contribution >= 4 is 27.3 Å². The number of nitrogens with two attached hydrogens (primary N) is 1. The quantitative estimate of drug-likeness (QED) is 0.894. The molecule has 0 radical (unpaired) electrons. The molecule has 0 spiro atoms. The molecule has 0 bridgehead atoms. The smallest absolute Gasteiger partial charge is 0.145 e. The number of hydrogen-bond donors (Lipinski definition) is 1. The number of benzene rings is 1. The van der Waals surface area contributed by atoms with Crippen molar-refractivity contribution in [1.82, 2.24) is 0 Å². The van der Waals surface area contributed by atoms with E-state index < -0.39 is 0 Å². The Morgan fingerprint density at radius 1 is 1.35 bits per heavy atom. The van der Waals surface area contributed by atoms with Crippen LogP contribution in [-0.4, -0.2) is 13.7 Å². The number of rotatable bonds is 5. The summed E-state index contributed by atoms with van der Waals surface area (Å²) < 4.78 is 12.0. The molecule has 20 heavy (non-hydrogen) atoms. The molecule has 4 nitrogen and oxygen atoms in total. The molecule has 2 aromatic rings. The Kier molecular flexibility index (Phi) is 5.01. The second-order valence-corrected chi connectivity index (χ2v) is 5.88. The third-order valence-electron chi connectivity index (χ3n) is 2.64. The normalized spacial score (nSPS) is 11.7. The number of hydrogen-bond acceptors (Lipinski definition) is 5. The van der Waals surface area contributed by atoms with E-state index in [1.54, 1.807) is 36.6 Å². The third kappa shape index (κ3) is 3.51. The number of thiophene rings is 1. The summed E-state index contributed by atoms with van der Waals surface area (Å²) in [5.74, 6) is 1.16. The van der Waals surface area contributed by atoms with Crippen LogP contribution in [0.25, 0.3) is 0 Å². The molecule has 0 saturated heterocycles. The molecular weight excluding hydrogens is 340 g/mol.